The van der Waals surface area contributed by atoms with Gasteiger partial charge in [0.2, 0.25) is 0 Å². The molecule has 0 aliphatic heterocycles. The lowest BCUT2D eigenvalue weighted by molar-refractivity contribution is 0.0579. The minimum atomic E-state index is -0.513. The number of allylic oxidation sites excluding steroid dienone is 2. The molecule has 2 fully saturated rings. The van der Waals surface area contributed by atoms with E-state index in [2.05, 4.69) is 19.9 Å². The fourth-order valence-corrected chi connectivity index (χ4v) is 7.21. The maximum atomic E-state index is 10.1. The second kappa shape index (κ2) is 9.90. The summed E-state index contributed by atoms with van der Waals surface area (Å²) in [4.78, 5) is 0. The van der Waals surface area contributed by atoms with Crippen LogP contribution in [-0.4, -0.2) is 16.0 Å². The third-order valence-corrected chi connectivity index (χ3v) is 9.08. The standard InChI is InChI=1S/C26H46OS/c1-5-19(18(2)15-16-26(3,4)27)9-10-20-7-6-8-25-23(20)13-11-21-17-22(28)12-14-24(21)25/h11,18-20,22-25,27-28H,5-10,12-17H2,1-4H3/t18?,19-,20?,22+,23?,24+,25?/m1/s1. The van der Waals surface area contributed by atoms with Crippen molar-refractivity contribution >= 4 is 12.6 Å². The highest BCUT2D eigenvalue weighted by atomic mass is 32.1. The van der Waals surface area contributed by atoms with E-state index in [9.17, 15) is 5.11 Å². The normalized spacial score (nSPS) is 35.5. The highest BCUT2D eigenvalue weighted by molar-refractivity contribution is 7.80. The van der Waals surface area contributed by atoms with Gasteiger partial charge < -0.3 is 5.11 Å². The molecule has 0 heterocycles. The van der Waals surface area contributed by atoms with Gasteiger partial charge in [-0.05, 0) is 107 Å². The predicted octanol–water partition coefficient (Wildman–Crippen LogP) is 7.44. The van der Waals surface area contributed by atoms with Gasteiger partial charge in [-0.2, -0.15) is 12.6 Å². The van der Waals surface area contributed by atoms with E-state index in [1.807, 2.05) is 13.8 Å². The number of fused-ring (bicyclic) bond motifs is 3. The molecule has 28 heavy (non-hydrogen) atoms. The van der Waals surface area contributed by atoms with E-state index < -0.39 is 5.60 Å². The first kappa shape index (κ1) is 22.7. The van der Waals surface area contributed by atoms with Crippen molar-refractivity contribution in [2.24, 2.45) is 35.5 Å². The lowest BCUT2D eigenvalue weighted by Crippen LogP contribution is -2.38. The van der Waals surface area contributed by atoms with Gasteiger partial charge in [0.25, 0.3) is 0 Å². The van der Waals surface area contributed by atoms with Crippen molar-refractivity contribution in [1.82, 2.24) is 0 Å². The first-order valence-electron chi connectivity index (χ1n) is 12.4. The molecule has 0 amide bonds. The zero-order chi connectivity index (χ0) is 20.3. The van der Waals surface area contributed by atoms with Gasteiger partial charge in [-0.1, -0.05) is 44.8 Å². The molecule has 0 aromatic carbocycles. The molecule has 0 saturated heterocycles. The van der Waals surface area contributed by atoms with Crippen LogP contribution in [0.4, 0.5) is 0 Å². The average Bonchev–Trinajstić information content (AvgIpc) is 2.65. The molecule has 2 heteroatoms. The second-order valence-corrected chi connectivity index (χ2v) is 11.9. The first-order chi connectivity index (χ1) is 13.3. The molecular weight excluding hydrogens is 360 g/mol. The molecular formula is C26H46OS. The third-order valence-electron chi connectivity index (χ3n) is 8.64. The van der Waals surface area contributed by atoms with Crippen LogP contribution in [0.15, 0.2) is 11.6 Å². The Balaban J connectivity index is 1.55. The van der Waals surface area contributed by atoms with Crippen molar-refractivity contribution in [3.05, 3.63) is 11.6 Å². The molecule has 0 bridgehead atoms. The fourth-order valence-electron chi connectivity index (χ4n) is 6.85. The molecule has 3 aliphatic rings. The first-order valence-corrected chi connectivity index (χ1v) is 12.9. The summed E-state index contributed by atoms with van der Waals surface area (Å²) in [6.45, 7) is 8.71. The summed E-state index contributed by atoms with van der Waals surface area (Å²) in [5.74, 6) is 5.37. The minimum absolute atomic E-state index is 0.513. The zero-order valence-corrected chi connectivity index (χ0v) is 19.9. The van der Waals surface area contributed by atoms with Crippen LogP contribution < -0.4 is 0 Å². The maximum absolute atomic E-state index is 10.1. The summed E-state index contributed by atoms with van der Waals surface area (Å²) in [6.07, 6.45) is 18.7. The lowest BCUT2D eigenvalue weighted by atomic mass is 9.58. The Morgan fingerprint density at radius 2 is 1.93 bits per heavy atom. The highest BCUT2D eigenvalue weighted by Gasteiger charge is 2.42. The zero-order valence-electron chi connectivity index (χ0n) is 19.0. The third kappa shape index (κ3) is 5.81. The van der Waals surface area contributed by atoms with Crippen LogP contribution in [0.2, 0.25) is 0 Å². The second-order valence-electron chi connectivity index (χ2n) is 11.1. The van der Waals surface area contributed by atoms with Gasteiger partial charge in [0.05, 0.1) is 5.60 Å². The molecule has 4 unspecified atom stereocenters. The Bertz CT molecular complexity index is 519. The Morgan fingerprint density at radius 1 is 1.14 bits per heavy atom. The molecule has 3 aliphatic carbocycles. The van der Waals surface area contributed by atoms with Crippen molar-refractivity contribution in [2.75, 3.05) is 0 Å². The molecule has 1 N–H and O–H groups in total. The van der Waals surface area contributed by atoms with Gasteiger partial charge in [0.15, 0.2) is 0 Å². The lowest BCUT2D eigenvalue weighted by Gasteiger charge is -2.48. The summed E-state index contributed by atoms with van der Waals surface area (Å²) in [5.41, 5.74) is 1.27. The van der Waals surface area contributed by atoms with E-state index in [-0.39, 0.29) is 0 Å². The highest BCUT2D eigenvalue weighted by Crippen LogP contribution is 2.52. The average molecular weight is 407 g/mol. The van der Waals surface area contributed by atoms with Gasteiger partial charge in [0.1, 0.15) is 0 Å². The summed E-state index contributed by atoms with van der Waals surface area (Å²) in [7, 11) is 0. The van der Waals surface area contributed by atoms with Crippen molar-refractivity contribution in [3.63, 3.8) is 0 Å². The van der Waals surface area contributed by atoms with Gasteiger partial charge in [0, 0.05) is 5.25 Å². The van der Waals surface area contributed by atoms with Crippen molar-refractivity contribution in [2.45, 2.75) is 116 Å². The summed E-state index contributed by atoms with van der Waals surface area (Å²) < 4.78 is 0. The van der Waals surface area contributed by atoms with E-state index in [1.54, 1.807) is 5.57 Å². The van der Waals surface area contributed by atoms with Crippen molar-refractivity contribution < 1.29 is 5.11 Å². The number of aliphatic hydroxyl groups is 1. The predicted molar refractivity (Wildman–Crippen MR) is 125 cm³/mol. The Morgan fingerprint density at radius 3 is 2.64 bits per heavy atom. The Hall–Kier alpha value is 0.0500. The van der Waals surface area contributed by atoms with Gasteiger partial charge in [-0.25, -0.2) is 0 Å². The molecule has 2 saturated carbocycles. The van der Waals surface area contributed by atoms with Crippen molar-refractivity contribution in [3.8, 4) is 0 Å². The molecule has 0 radical (unpaired) electrons. The SMILES string of the molecule is CC[C@H](CCC1CCCC2C1CC=C1C[C@@H](S)CC[C@@H]12)C(C)CCC(C)(C)O. The number of rotatable bonds is 8. The van der Waals surface area contributed by atoms with Gasteiger partial charge >= 0.3 is 0 Å². The molecule has 0 aromatic rings. The maximum Gasteiger partial charge on any atom is 0.0591 e. The molecule has 162 valence electrons. The fraction of sp³-hybridized carbons (Fsp3) is 0.923. The molecule has 7 atom stereocenters. The van der Waals surface area contributed by atoms with Crippen LogP contribution in [0.3, 0.4) is 0 Å². The quantitative estimate of drug-likeness (QED) is 0.317. The molecule has 0 aromatic heterocycles. The van der Waals surface area contributed by atoms with Crippen LogP contribution in [0, 0.1) is 35.5 Å². The summed E-state index contributed by atoms with van der Waals surface area (Å²) in [5, 5.41) is 10.7. The van der Waals surface area contributed by atoms with Gasteiger partial charge in [-0.3, -0.25) is 0 Å². The van der Waals surface area contributed by atoms with E-state index in [1.165, 1.54) is 64.2 Å². The minimum Gasteiger partial charge on any atom is -0.390 e. The summed E-state index contributed by atoms with van der Waals surface area (Å²) in [6, 6.07) is 0. The largest absolute Gasteiger partial charge is 0.390 e. The molecule has 0 spiro atoms. The number of thiol groups is 1. The van der Waals surface area contributed by atoms with Crippen LogP contribution in [0.25, 0.3) is 0 Å². The van der Waals surface area contributed by atoms with E-state index in [4.69, 9.17) is 12.6 Å². The Labute approximate surface area is 180 Å². The van der Waals surface area contributed by atoms with E-state index in [0.29, 0.717) is 5.25 Å². The Kier molecular flexibility index (Phi) is 8.04. The van der Waals surface area contributed by atoms with Crippen LogP contribution in [-0.2, 0) is 0 Å². The van der Waals surface area contributed by atoms with E-state index >= 15 is 0 Å². The molecule has 3 rings (SSSR count). The topological polar surface area (TPSA) is 20.2 Å². The van der Waals surface area contributed by atoms with Crippen molar-refractivity contribution in [1.29, 1.82) is 0 Å². The monoisotopic (exact) mass is 406 g/mol. The summed E-state index contributed by atoms with van der Waals surface area (Å²) >= 11 is 4.78. The molecule has 1 nitrogen and oxygen atoms in total. The van der Waals surface area contributed by atoms with Crippen LogP contribution in [0.1, 0.15) is 105 Å². The smallest absolute Gasteiger partial charge is 0.0591 e. The van der Waals surface area contributed by atoms with Crippen LogP contribution in [0.5, 0.6) is 0 Å². The van der Waals surface area contributed by atoms with E-state index in [0.717, 1.165) is 48.3 Å². The van der Waals surface area contributed by atoms with Gasteiger partial charge in [-0.15, -0.1) is 0 Å². The number of hydrogen-bond donors (Lipinski definition) is 2. The number of hydrogen-bond acceptors (Lipinski definition) is 2. The van der Waals surface area contributed by atoms with Crippen LogP contribution >= 0.6 is 12.6 Å².